The Balaban J connectivity index is 1.37. The lowest BCUT2D eigenvalue weighted by atomic mass is 9.98. The highest BCUT2D eigenvalue weighted by Crippen LogP contribution is 2.23. The standard InChI is InChI=1S/C20H27NO3/c1-15-8-9-18-16(14-24-19(18)12-15)13-20(22)21-10-5-11-23-17-6-3-2-4-7-17/h8-9,12,14,17H,2-7,10-11,13H2,1H3,(H,21,22). The van der Waals surface area contributed by atoms with Crippen molar-refractivity contribution in [1.82, 2.24) is 5.32 Å². The van der Waals surface area contributed by atoms with Crippen LogP contribution < -0.4 is 5.32 Å². The number of carbonyl (C=O) groups is 1. The van der Waals surface area contributed by atoms with Crippen LogP contribution in [0.1, 0.15) is 49.7 Å². The maximum absolute atomic E-state index is 12.1. The fourth-order valence-electron chi connectivity index (χ4n) is 3.34. The van der Waals surface area contributed by atoms with Crippen molar-refractivity contribution in [1.29, 1.82) is 0 Å². The smallest absolute Gasteiger partial charge is 0.224 e. The molecule has 0 spiro atoms. The molecule has 130 valence electrons. The van der Waals surface area contributed by atoms with Gasteiger partial charge in [-0.3, -0.25) is 4.79 Å². The molecule has 4 heteroatoms. The third-order valence-corrected chi connectivity index (χ3v) is 4.71. The molecule has 0 unspecified atom stereocenters. The first kappa shape index (κ1) is 17.0. The molecule has 1 fully saturated rings. The quantitative estimate of drug-likeness (QED) is 0.777. The summed E-state index contributed by atoms with van der Waals surface area (Å²) < 4.78 is 11.4. The molecule has 0 atom stereocenters. The highest BCUT2D eigenvalue weighted by molar-refractivity contribution is 5.87. The van der Waals surface area contributed by atoms with Crippen molar-refractivity contribution >= 4 is 16.9 Å². The van der Waals surface area contributed by atoms with E-state index >= 15 is 0 Å². The largest absolute Gasteiger partial charge is 0.464 e. The summed E-state index contributed by atoms with van der Waals surface area (Å²) in [5.41, 5.74) is 2.95. The van der Waals surface area contributed by atoms with Gasteiger partial charge in [0, 0.05) is 24.1 Å². The Morgan fingerprint density at radius 3 is 2.96 bits per heavy atom. The molecule has 2 aromatic rings. The van der Waals surface area contributed by atoms with Crippen LogP contribution in [0.4, 0.5) is 0 Å². The summed E-state index contributed by atoms with van der Waals surface area (Å²) in [6.07, 6.45) is 9.68. The summed E-state index contributed by atoms with van der Waals surface area (Å²) in [6.45, 7) is 3.43. The molecule has 1 aromatic carbocycles. The molecular formula is C20H27NO3. The number of amides is 1. The van der Waals surface area contributed by atoms with E-state index in [1.165, 1.54) is 32.1 Å². The fraction of sp³-hybridized carbons (Fsp3) is 0.550. The zero-order valence-corrected chi connectivity index (χ0v) is 14.5. The van der Waals surface area contributed by atoms with Gasteiger partial charge in [-0.05, 0) is 37.8 Å². The van der Waals surface area contributed by atoms with Crippen molar-refractivity contribution < 1.29 is 13.9 Å². The Hall–Kier alpha value is -1.81. The molecule has 0 bridgehead atoms. The number of nitrogens with one attached hydrogen (secondary N) is 1. The van der Waals surface area contributed by atoms with Crippen molar-refractivity contribution in [2.24, 2.45) is 0 Å². The molecule has 0 radical (unpaired) electrons. The molecule has 0 aliphatic heterocycles. The molecule has 1 N–H and O–H groups in total. The lowest BCUT2D eigenvalue weighted by Gasteiger charge is -2.21. The number of carbonyl (C=O) groups excluding carboxylic acids is 1. The van der Waals surface area contributed by atoms with Crippen molar-refractivity contribution in [2.45, 2.75) is 58.0 Å². The number of furan rings is 1. The van der Waals surface area contributed by atoms with Gasteiger partial charge in [0.1, 0.15) is 5.58 Å². The van der Waals surface area contributed by atoms with E-state index in [1.807, 2.05) is 25.1 Å². The number of aryl methyl sites for hydroxylation is 1. The molecular weight excluding hydrogens is 302 g/mol. The van der Waals surface area contributed by atoms with Crippen LogP contribution in [0.15, 0.2) is 28.9 Å². The van der Waals surface area contributed by atoms with Gasteiger partial charge in [0.2, 0.25) is 5.91 Å². The second kappa shape index (κ2) is 8.34. The first-order valence-electron chi connectivity index (χ1n) is 9.07. The van der Waals surface area contributed by atoms with Crippen molar-refractivity contribution in [3.63, 3.8) is 0 Å². The molecule has 1 aliphatic carbocycles. The van der Waals surface area contributed by atoms with Gasteiger partial charge in [-0.2, -0.15) is 0 Å². The second-order valence-corrected chi connectivity index (χ2v) is 6.77. The van der Waals surface area contributed by atoms with E-state index in [2.05, 4.69) is 5.32 Å². The summed E-state index contributed by atoms with van der Waals surface area (Å²) in [6, 6.07) is 6.07. The predicted octanol–water partition coefficient (Wildman–Crippen LogP) is 4.14. The van der Waals surface area contributed by atoms with Gasteiger partial charge in [-0.1, -0.05) is 31.4 Å². The van der Waals surface area contributed by atoms with Gasteiger partial charge in [0.25, 0.3) is 0 Å². The van der Waals surface area contributed by atoms with Gasteiger partial charge < -0.3 is 14.5 Å². The zero-order chi connectivity index (χ0) is 16.8. The van der Waals surface area contributed by atoms with Crippen molar-refractivity contribution in [3.8, 4) is 0 Å². The summed E-state index contributed by atoms with van der Waals surface area (Å²) in [5.74, 6) is 0.0379. The Morgan fingerprint density at radius 2 is 2.12 bits per heavy atom. The van der Waals surface area contributed by atoms with Crippen LogP contribution >= 0.6 is 0 Å². The minimum Gasteiger partial charge on any atom is -0.464 e. The Labute approximate surface area is 143 Å². The fourth-order valence-corrected chi connectivity index (χ4v) is 3.34. The molecule has 1 saturated carbocycles. The molecule has 1 aromatic heterocycles. The van der Waals surface area contributed by atoms with Crippen LogP contribution in [0.3, 0.4) is 0 Å². The summed E-state index contributed by atoms with van der Waals surface area (Å²) >= 11 is 0. The number of hydrogen-bond acceptors (Lipinski definition) is 3. The molecule has 1 heterocycles. The van der Waals surface area contributed by atoms with Crippen LogP contribution in [-0.4, -0.2) is 25.2 Å². The lowest BCUT2D eigenvalue weighted by molar-refractivity contribution is -0.120. The normalized spacial score (nSPS) is 15.7. The SMILES string of the molecule is Cc1ccc2c(CC(=O)NCCCOC3CCCCC3)coc2c1. The first-order valence-corrected chi connectivity index (χ1v) is 9.07. The molecule has 4 nitrogen and oxygen atoms in total. The predicted molar refractivity (Wildman–Crippen MR) is 95.1 cm³/mol. The third-order valence-electron chi connectivity index (χ3n) is 4.71. The number of hydrogen-bond donors (Lipinski definition) is 1. The van der Waals surface area contributed by atoms with Gasteiger partial charge in [0.05, 0.1) is 18.8 Å². The first-order chi connectivity index (χ1) is 11.7. The van der Waals surface area contributed by atoms with Gasteiger partial charge >= 0.3 is 0 Å². The van der Waals surface area contributed by atoms with Gasteiger partial charge in [-0.15, -0.1) is 0 Å². The number of ether oxygens (including phenoxy) is 1. The maximum atomic E-state index is 12.1. The van der Waals surface area contributed by atoms with E-state index in [-0.39, 0.29) is 5.91 Å². The topological polar surface area (TPSA) is 51.5 Å². The van der Waals surface area contributed by atoms with Crippen LogP contribution in [0.25, 0.3) is 11.0 Å². The average Bonchev–Trinajstić information content (AvgIpc) is 2.97. The lowest BCUT2D eigenvalue weighted by Crippen LogP contribution is -2.27. The number of fused-ring (bicyclic) bond motifs is 1. The Morgan fingerprint density at radius 1 is 1.29 bits per heavy atom. The summed E-state index contributed by atoms with van der Waals surface area (Å²) in [7, 11) is 0. The average molecular weight is 329 g/mol. The third kappa shape index (κ3) is 4.60. The van der Waals surface area contributed by atoms with E-state index in [4.69, 9.17) is 9.15 Å². The molecule has 1 amide bonds. The van der Waals surface area contributed by atoms with Gasteiger partial charge in [-0.25, -0.2) is 0 Å². The van der Waals surface area contributed by atoms with Crippen LogP contribution in [0, 0.1) is 6.92 Å². The van der Waals surface area contributed by atoms with E-state index in [0.717, 1.165) is 35.1 Å². The molecule has 24 heavy (non-hydrogen) atoms. The number of benzene rings is 1. The second-order valence-electron chi connectivity index (χ2n) is 6.77. The van der Waals surface area contributed by atoms with Crippen molar-refractivity contribution in [3.05, 3.63) is 35.6 Å². The van der Waals surface area contributed by atoms with E-state index in [0.29, 0.717) is 19.1 Å². The molecule has 3 rings (SSSR count). The highest BCUT2D eigenvalue weighted by Gasteiger charge is 2.13. The van der Waals surface area contributed by atoms with Crippen LogP contribution in [-0.2, 0) is 16.0 Å². The molecule has 0 saturated heterocycles. The molecule has 1 aliphatic rings. The maximum Gasteiger partial charge on any atom is 0.224 e. The van der Waals surface area contributed by atoms with Crippen LogP contribution in [0.2, 0.25) is 0 Å². The van der Waals surface area contributed by atoms with E-state index < -0.39 is 0 Å². The minimum atomic E-state index is 0.0379. The Bertz CT molecular complexity index is 671. The minimum absolute atomic E-state index is 0.0379. The monoisotopic (exact) mass is 329 g/mol. The summed E-state index contributed by atoms with van der Waals surface area (Å²) in [4.78, 5) is 12.1. The zero-order valence-electron chi connectivity index (χ0n) is 14.5. The highest BCUT2D eigenvalue weighted by atomic mass is 16.5. The van der Waals surface area contributed by atoms with Gasteiger partial charge in [0.15, 0.2) is 0 Å². The summed E-state index contributed by atoms with van der Waals surface area (Å²) in [5, 5.41) is 4.00. The van der Waals surface area contributed by atoms with E-state index in [9.17, 15) is 4.79 Å². The van der Waals surface area contributed by atoms with Crippen molar-refractivity contribution in [2.75, 3.05) is 13.2 Å². The Kier molecular flexibility index (Phi) is 5.91. The van der Waals surface area contributed by atoms with Crippen LogP contribution in [0.5, 0.6) is 0 Å². The number of rotatable bonds is 7. The van der Waals surface area contributed by atoms with E-state index in [1.54, 1.807) is 6.26 Å².